The summed E-state index contributed by atoms with van der Waals surface area (Å²) in [6.45, 7) is 1.88. The van der Waals surface area contributed by atoms with Crippen LogP contribution in [0, 0.1) is 0 Å². The minimum Gasteiger partial charge on any atom is -0.329 e. The first-order chi connectivity index (χ1) is 4.09. The molecule has 54 valence electrons. The number of ketones is 1. The molecule has 3 nitrogen and oxygen atoms in total. The Morgan fingerprint density at radius 3 is 2.33 bits per heavy atom. The van der Waals surface area contributed by atoms with Crippen molar-refractivity contribution in [2.45, 2.75) is 18.2 Å². The van der Waals surface area contributed by atoms with E-state index in [4.69, 9.17) is 11.5 Å². The second-order valence-corrected chi connectivity index (χ2v) is 2.57. The molecule has 0 heterocycles. The van der Waals surface area contributed by atoms with E-state index in [1.54, 1.807) is 6.92 Å². The fourth-order valence-electron chi connectivity index (χ4n) is 0.420. The van der Waals surface area contributed by atoms with E-state index in [0.29, 0.717) is 0 Å². The van der Waals surface area contributed by atoms with Gasteiger partial charge in [-0.2, -0.15) is 12.6 Å². The first-order valence-corrected chi connectivity index (χ1v) is 3.28. The predicted molar refractivity (Wildman–Crippen MR) is 40.5 cm³/mol. The Morgan fingerprint density at radius 1 is 1.78 bits per heavy atom. The molecule has 0 fully saturated rings. The van der Waals surface area contributed by atoms with Crippen LogP contribution < -0.4 is 11.5 Å². The Labute approximate surface area is 60.2 Å². The number of hydrogen-bond acceptors (Lipinski definition) is 4. The van der Waals surface area contributed by atoms with Gasteiger partial charge in [-0.15, -0.1) is 0 Å². The highest BCUT2D eigenvalue weighted by atomic mass is 32.1. The quantitative estimate of drug-likeness (QED) is 0.457. The summed E-state index contributed by atoms with van der Waals surface area (Å²) in [4.78, 5) is 10.8. The van der Waals surface area contributed by atoms with Gasteiger partial charge in [0.05, 0.1) is 11.3 Å². The summed E-state index contributed by atoms with van der Waals surface area (Å²) in [6.07, 6.45) is 0. The van der Waals surface area contributed by atoms with Crippen molar-refractivity contribution >= 4 is 18.4 Å². The van der Waals surface area contributed by atoms with E-state index in [9.17, 15) is 4.79 Å². The van der Waals surface area contributed by atoms with E-state index in [1.165, 1.54) is 0 Å². The molecule has 0 aliphatic carbocycles. The van der Waals surface area contributed by atoms with Crippen LogP contribution in [-0.4, -0.2) is 23.6 Å². The molecule has 0 radical (unpaired) electrons. The van der Waals surface area contributed by atoms with Crippen LogP contribution in [0.15, 0.2) is 0 Å². The third kappa shape index (κ3) is 2.84. The number of nitrogens with two attached hydrogens (primary N) is 2. The summed E-state index contributed by atoms with van der Waals surface area (Å²) in [5.41, 5.74) is 10.4. The van der Waals surface area contributed by atoms with Gasteiger partial charge in [-0.05, 0) is 6.92 Å². The maximum absolute atomic E-state index is 10.8. The van der Waals surface area contributed by atoms with Gasteiger partial charge in [-0.1, -0.05) is 0 Å². The van der Waals surface area contributed by atoms with Gasteiger partial charge in [0, 0.05) is 6.54 Å². The first kappa shape index (κ1) is 8.94. The lowest BCUT2D eigenvalue weighted by molar-refractivity contribution is -0.119. The summed E-state index contributed by atoms with van der Waals surface area (Å²) in [6, 6.07) is -0.448. The summed E-state index contributed by atoms with van der Waals surface area (Å²) >= 11 is 3.91. The molecule has 0 aliphatic rings. The van der Waals surface area contributed by atoms with Gasteiger partial charge < -0.3 is 11.5 Å². The Bertz CT molecular complexity index is 105. The largest absolute Gasteiger partial charge is 0.329 e. The molecule has 0 aromatic rings. The number of hydrogen-bond donors (Lipinski definition) is 3. The molecule has 0 aromatic carbocycles. The van der Waals surface area contributed by atoms with Crippen molar-refractivity contribution < 1.29 is 4.79 Å². The van der Waals surface area contributed by atoms with Crippen LogP contribution in [0.3, 0.4) is 0 Å². The summed E-state index contributed by atoms with van der Waals surface area (Å²) in [7, 11) is 0. The van der Waals surface area contributed by atoms with Crippen LogP contribution >= 0.6 is 12.6 Å². The van der Waals surface area contributed by atoms with E-state index in [2.05, 4.69) is 12.6 Å². The van der Waals surface area contributed by atoms with E-state index >= 15 is 0 Å². The molecule has 0 bridgehead atoms. The molecule has 0 spiro atoms. The second kappa shape index (κ2) is 3.87. The van der Waals surface area contributed by atoms with Crippen molar-refractivity contribution in [3.63, 3.8) is 0 Å². The lowest BCUT2D eigenvalue weighted by Gasteiger charge is -2.08. The molecule has 0 aromatic heterocycles. The average Bonchev–Trinajstić information content (AvgIpc) is 1.84. The number of carbonyl (C=O) groups excluding carboxylic acids is 1. The molecule has 4 N–H and O–H groups in total. The van der Waals surface area contributed by atoms with E-state index in [-0.39, 0.29) is 12.3 Å². The zero-order valence-electron chi connectivity index (χ0n) is 5.37. The highest BCUT2D eigenvalue weighted by Gasteiger charge is 2.14. The highest BCUT2D eigenvalue weighted by Crippen LogP contribution is 1.95. The van der Waals surface area contributed by atoms with E-state index < -0.39 is 11.3 Å². The summed E-state index contributed by atoms with van der Waals surface area (Å²) in [5.74, 6) is -0.0965. The minimum absolute atomic E-state index is 0.0965. The molecule has 0 saturated carbocycles. The van der Waals surface area contributed by atoms with Crippen molar-refractivity contribution in [2.75, 3.05) is 6.54 Å². The lowest BCUT2D eigenvalue weighted by Crippen LogP contribution is -2.37. The summed E-state index contributed by atoms with van der Waals surface area (Å²) < 4.78 is 0. The van der Waals surface area contributed by atoms with Crippen LogP contribution in [0.1, 0.15) is 6.92 Å². The Kier molecular flexibility index (Phi) is 3.84. The fraction of sp³-hybridized carbons (Fsp3) is 0.800. The van der Waals surface area contributed by atoms with Gasteiger partial charge in [0.1, 0.15) is 0 Å². The van der Waals surface area contributed by atoms with Crippen LogP contribution in [-0.2, 0) is 4.79 Å². The molecular weight excluding hydrogens is 136 g/mol. The topological polar surface area (TPSA) is 69.1 Å². The molecule has 0 saturated heterocycles. The number of Topliss-reactive ketones (excluding diaryl/α,β-unsaturated/α-hetero) is 1. The van der Waals surface area contributed by atoms with Crippen LogP contribution in [0.5, 0.6) is 0 Å². The molecule has 9 heavy (non-hydrogen) atoms. The van der Waals surface area contributed by atoms with Gasteiger partial charge in [-0.25, -0.2) is 0 Å². The molecule has 0 rings (SSSR count). The highest BCUT2D eigenvalue weighted by molar-refractivity contribution is 7.81. The Hall–Kier alpha value is -0.0600. The molecule has 4 heteroatoms. The molecule has 2 atom stereocenters. The first-order valence-electron chi connectivity index (χ1n) is 2.77. The zero-order valence-corrected chi connectivity index (χ0v) is 6.27. The van der Waals surface area contributed by atoms with Crippen molar-refractivity contribution in [1.29, 1.82) is 0 Å². The number of carbonyl (C=O) groups is 1. The van der Waals surface area contributed by atoms with Gasteiger partial charge in [0.25, 0.3) is 0 Å². The van der Waals surface area contributed by atoms with Crippen LogP contribution in [0.4, 0.5) is 0 Å². The molecular formula is C5H12N2OS. The van der Waals surface area contributed by atoms with Crippen molar-refractivity contribution in [3.8, 4) is 0 Å². The number of rotatable bonds is 3. The molecule has 0 aliphatic heterocycles. The monoisotopic (exact) mass is 148 g/mol. The van der Waals surface area contributed by atoms with Gasteiger partial charge in [0.15, 0.2) is 5.78 Å². The van der Waals surface area contributed by atoms with Gasteiger partial charge in [0.2, 0.25) is 0 Å². The Morgan fingerprint density at radius 2 is 2.22 bits per heavy atom. The standard InChI is InChI=1S/C5H12N2OS/c1-3(7)5(8)4(9)2-6/h3-4,9H,2,6-7H2,1H3. The summed E-state index contributed by atoms with van der Waals surface area (Å²) in [5, 5.41) is -0.398. The zero-order chi connectivity index (χ0) is 7.44. The van der Waals surface area contributed by atoms with E-state index in [1.807, 2.05) is 0 Å². The maximum atomic E-state index is 10.8. The van der Waals surface area contributed by atoms with Crippen LogP contribution in [0.2, 0.25) is 0 Å². The lowest BCUT2D eigenvalue weighted by atomic mass is 10.1. The van der Waals surface area contributed by atoms with Crippen LogP contribution in [0.25, 0.3) is 0 Å². The van der Waals surface area contributed by atoms with Crippen molar-refractivity contribution in [1.82, 2.24) is 0 Å². The smallest absolute Gasteiger partial charge is 0.163 e. The molecule has 2 unspecified atom stereocenters. The van der Waals surface area contributed by atoms with Crippen molar-refractivity contribution in [3.05, 3.63) is 0 Å². The SMILES string of the molecule is CC(N)C(=O)C(S)CN. The normalized spacial score (nSPS) is 16.9. The van der Waals surface area contributed by atoms with Gasteiger partial charge >= 0.3 is 0 Å². The maximum Gasteiger partial charge on any atom is 0.163 e. The van der Waals surface area contributed by atoms with Gasteiger partial charge in [-0.3, -0.25) is 4.79 Å². The average molecular weight is 148 g/mol. The second-order valence-electron chi connectivity index (χ2n) is 1.94. The third-order valence-electron chi connectivity index (χ3n) is 1.00. The fourth-order valence-corrected chi connectivity index (χ4v) is 0.655. The minimum atomic E-state index is -0.448. The molecule has 0 amide bonds. The predicted octanol–water partition coefficient (Wildman–Crippen LogP) is -0.840. The van der Waals surface area contributed by atoms with E-state index in [0.717, 1.165) is 0 Å². The third-order valence-corrected chi connectivity index (χ3v) is 1.47. The Balaban J connectivity index is 3.73. The number of thiol groups is 1. The van der Waals surface area contributed by atoms with Crippen molar-refractivity contribution in [2.24, 2.45) is 11.5 Å².